The summed E-state index contributed by atoms with van der Waals surface area (Å²) >= 11 is 5.98. The number of Topliss-reactive ketones (excluding diaryl/α,β-unsaturated/α-hetero) is 1. The second kappa shape index (κ2) is 11.7. The molecule has 1 fully saturated rings. The van der Waals surface area contributed by atoms with Crippen LogP contribution >= 0.6 is 39.0 Å². The minimum absolute atomic E-state index is 0.117. The molecule has 0 spiro atoms. The summed E-state index contributed by atoms with van der Waals surface area (Å²) in [7, 11) is 1.40. The molecule has 10 nitrogen and oxygen atoms in total. The molecule has 4 heterocycles. The molecular formula is C31H26BrN5O5S2. The van der Waals surface area contributed by atoms with Crippen LogP contribution in [0.4, 0.5) is 5.13 Å². The van der Waals surface area contributed by atoms with Gasteiger partial charge in [-0.2, -0.15) is 0 Å². The number of halogens is 1. The first-order chi connectivity index (χ1) is 21.1. The van der Waals surface area contributed by atoms with Gasteiger partial charge in [0.05, 0.1) is 28.9 Å². The van der Waals surface area contributed by atoms with Crippen LogP contribution in [0.3, 0.4) is 0 Å². The molecule has 0 bridgehead atoms. The van der Waals surface area contributed by atoms with Crippen molar-refractivity contribution in [1.29, 1.82) is 0 Å². The van der Waals surface area contributed by atoms with Crippen LogP contribution < -0.4 is 9.64 Å². The van der Waals surface area contributed by atoms with Gasteiger partial charge in [-0.05, 0) is 71.6 Å². The summed E-state index contributed by atoms with van der Waals surface area (Å²) in [6.07, 6.45) is 1.82. The Balaban J connectivity index is 1.48. The average Bonchev–Trinajstić information content (AvgIpc) is 3.69. The number of carbonyl (C=O) groups is 2. The molecule has 0 aliphatic carbocycles. The van der Waals surface area contributed by atoms with E-state index >= 15 is 0 Å². The largest absolute Gasteiger partial charge is 0.505 e. The van der Waals surface area contributed by atoms with E-state index in [1.165, 1.54) is 46.7 Å². The predicted molar refractivity (Wildman–Crippen MR) is 172 cm³/mol. The first-order valence-electron chi connectivity index (χ1n) is 13.4. The van der Waals surface area contributed by atoms with Gasteiger partial charge in [0.15, 0.2) is 21.6 Å². The quantitative estimate of drug-likeness (QED) is 0.0645. The van der Waals surface area contributed by atoms with E-state index in [1.807, 2.05) is 60.8 Å². The maximum atomic E-state index is 13.7. The van der Waals surface area contributed by atoms with Crippen molar-refractivity contribution in [3.63, 3.8) is 0 Å². The Morgan fingerprint density at radius 1 is 1.11 bits per heavy atom. The number of rotatable bonds is 7. The SMILES string of the molecule is COc1cc(C2C(=C(O)c3nc4c(C)cccn4c3C)C(=O)C(=O)N2c2nnc(SCc3ccc(C)cc3)s2)cc(Br)c1O. The van der Waals surface area contributed by atoms with Crippen molar-refractivity contribution in [2.45, 2.75) is 36.9 Å². The number of ketones is 1. The van der Waals surface area contributed by atoms with E-state index in [0.717, 1.165) is 11.1 Å². The van der Waals surface area contributed by atoms with Crippen molar-refractivity contribution < 1.29 is 24.5 Å². The summed E-state index contributed by atoms with van der Waals surface area (Å²) < 4.78 is 8.07. The first-order valence-corrected chi connectivity index (χ1v) is 16.0. The highest BCUT2D eigenvalue weighted by Gasteiger charge is 2.49. The number of fused-ring (bicyclic) bond motifs is 1. The van der Waals surface area contributed by atoms with Crippen LogP contribution in [0, 0.1) is 20.8 Å². The number of imidazole rings is 1. The van der Waals surface area contributed by atoms with Crippen molar-refractivity contribution in [1.82, 2.24) is 19.6 Å². The third kappa shape index (κ3) is 5.14. The fourth-order valence-electron chi connectivity index (χ4n) is 5.11. The lowest BCUT2D eigenvalue weighted by Gasteiger charge is -2.23. The van der Waals surface area contributed by atoms with Crippen LogP contribution in [0.5, 0.6) is 11.5 Å². The van der Waals surface area contributed by atoms with Gasteiger partial charge in [0.2, 0.25) is 5.13 Å². The van der Waals surface area contributed by atoms with Crippen molar-refractivity contribution >= 4 is 67.3 Å². The van der Waals surface area contributed by atoms with Gasteiger partial charge in [-0.1, -0.05) is 59.0 Å². The fraction of sp³-hybridized carbons (Fsp3) is 0.194. The minimum Gasteiger partial charge on any atom is -0.505 e. The van der Waals surface area contributed by atoms with Crippen LogP contribution in [0.25, 0.3) is 11.4 Å². The van der Waals surface area contributed by atoms with Gasteiger partial charge in [-0.15, -0.1) is 10.2 Å². The fourth-order valence-corrected chi connectivity index (χ4v) is 7.40. The lowest BCUT2D eigenvalue weighted by molar-refractivity contribution is -0.132. The molecule has 13 heteroatoms. The molecule has 1 aliphatic rings. The lowest BCUT2D eigenvalue weighted by atomic mass is 9.96. The normalized spacial score (nSPS) is 16.3. The highest BCUT2D eigenvalue weighted by molar-refractivity contribution is 9.10. The number of aromatic nitrogens is 4. The van der Waals surface area contributed by atoms with Crippen LogP contribution in [0.2, 0.25) is 0 Å². The standard InChI is InChI=1S/C31H26BrN5O5S2/c1-15-7-9-18(10-8-15)14-43-31-35-34-30(44-31)37-24(19-12-20(32)25(38)21(13-19)42-4)22(27(40)29(37)41)26(39)23-17(3)36-11-5-6-16(2)28(36)33-23/h5-13,24,38-39H,14H2,1-4H3. The number of nitrogens with zero attached hydrogens (tertiary/aromatic N) is 5. The summed E-state index contributed by atoms with van der Waals surface area (Å²) in [5.74, 6) is -1.57. The number of aromatic hydroxyl groups is 1. The number of thioether (sulfide) groups is 1. The zero-order valence-corrected chi connectivity index (χ0v) is 27.2. The van der Waals surface area contributed by atoms with Crippen LogP contribution in [0.15, 0.2) is 69.1 Å². The Kier molecular flexibility index (Phi) is 7.95. The second-order valence-electron chi connectivity index (χ2n) is 10.3. The van der Waals surface area contributed by atoms with Crippen LogP contribution in [-0.4, -0.2) is 48.6 Å². The number of hydrogen-bond acceptors (Lipinski definition) is 10. The Bertz CT molecular complexity index is 1990. The van der Waals surface area contributed by atoms with E-state index < -0.39 is 23.5 Å². The lowest BCUT2D eigenvalue weighted by Crippen LogP contribution is -2.29. The van der Waals surface area contributed by atoms with E-state index in [2.05, 4.69) is 31.1 Å². The zero-order chi connectivity index (χ0) is 31.3. The Hall–Kier alpha value is -4.20. The number of amides is 1. The molecule has 2 N–H and O–H groups in total. The topological polar surface area (TPSA) is 130 Å². The van der Waals surface area contributed by atoms with Gasteiger partial charge >= 0.3 is 5.91 Å². The Morgan fingerprint density at radius 3 is 2.57 bits per heavy atom. The highest BCUT2D eigenvalue weighted by Crippen LogP contribution is 2.47. The van der Waals surface area contributed by atoms with Gasteiger partial charge in [0, 0.05) is 11.9 Å². The number of aliphatic hydroxyl groups is 1. The van der Waals surface area contributed by atoms with Crippen molar-refractivity contribution in [3.05, 3.63) is 98.4 Å². The Labute approximate surface area is 269 Å². The molecule has 3 aromatic heterocycles. The molecule has 1 amide bonds. The number of benzene rings is 2. The number of phenols is 1. The van der Waals surface area contributed by atoms with Crippen molar-refractivity contribution in [3.8, 4) is 11.5 Å². The smallest absolute Gasteiger partial charge is 0.301 e. The molecule has 44 heavy (non-hydrogen) atoms. The molecule has 5 aromatic rings. The molecule has 6 rings (SSSR count). The number of aliphatic hydroxyl groups excluding tert-OH is 1. The van der Waals surface area contributed by atoms with E-state index in [4.69, 9.17) is 4.74 Å². The third-order valence-electron chi connectivity index (χ3n) is 7.42. The van der Waals surface area contributed by atoms with Crippen molar-refractivity contribution in [2.24, 2.45) is 0 Å². The number of phenolic OH excluding ortho intramolecular Hbond substituents is 1. The minimum atomic E-state index is -1.12. The average molecular weight is 693 g/mol. The van der Waals surface area contributed by atoms with Crippen LogP contribution in [-0.2, 0) is 15.3 Å². The summed E-state index contributed by atoms with van der Waals surface area (Å²) in [4.78, 5) is 33.3. The van der Waals surface area contributed by atoms with Gasteiger partial charge in [0.25, 0.3) is 5.78 Å². The van der Waals surface area contributed by atoms with Gasteiger partial charge in [0.1, 0.15) is 11.3 Å². The zero-order valence-electron chi connectivity index (χ0n) is 24.0. The summed E-state index contributed by atoms with van der Waals surface area (Å²) in [6, 6.07) is 13.9. The van der Waals surface area contributed by atoms with Gasteiger partial charge < -0.3 is 19.4 Å². The van der Waals surface area contributed by atoms with E-state index in [-0.39, 0.29) is 32.4 Å². The van der Waals surface area contributed by atoms with Gasteiger partial charge in [-0.25, -0.2) is 4.98 Å². The maximum Gasteiger partial charge on any atom is 0.301 e. The molecular weight excluding hydrogens is 666 g/mol. The van der Waals surface area contributed by atoms with E-state index in [1.54, 1.807) is 13.0 Å². The summed E-state index contributed by atoms with van der Waals surface area (Å²) in [5.41, 5.74) is 4.78. The van der Waals surface area contributed by atoms with E-state index in [0.29, 0.717) is 27.0 Å². The number of anilines is 1. The number of ether oxygens (including phenoxy) is 1. The van der Waals surface area contributed by atoms with Gasteiger partial charge in [-0.3, -0.25) is 14.5 Å². The van der Waals surface area contributed by atoms with Crippen LogP contribution in [0.1, 0.15) is 39.7 Å². The molecule has 0 saturated carbocycles. The molecule has 2 aromatic carbocycles. The molecule has 1 atom stereocenters. The molecule has 1 aliphatic heterocycles. The molecule has 1 saturated heterocycles. The number of hydrogen-bond donors (Lipinski definition) is 2. The second-order valence-corrected chi connectivity index (χ2v) is 13.3. The number of pyridine rings is 1. The third-order valence-corrected chi connectivity index (χ3v) is 10.2. The number of carbonyl (C=O) groups excluding carboxylic acids is 2. The summed E-state index contributed by atoms with van der Waals surface area (Å²) in [6.45, 7) is 5.70. The number of aryl methyl sites for hydroxylation is 3. The number of methoxy groups -OCH3 is 1. The first kappa shape index (κ1) is 29.9. The predicted octanol–water partition coefficient (Wildman–Crippen LogP) is 6.51. The van der Waals surface area contributed by atoms with E-state index in [9.17, 15) is 19.8 Å². The monoisotopic (exact) mass is 691 g/mol. The summed E-state index contributed by atoms with van der Waals surface area (Å²) in [5, 5.41) is 31.0. The molecule has 1 unspecified atom stereocenters. The Morgan fingerprint density at radius 2 is 1.86 bits per heavy atom. The van der Waals surface area contributed by atoms with Crippen molar-refractivity contribution in [2.75, 3.05) is 12.0 Å². The maximum absolute atomic E-state index is 13.7. The molecule has 224 valence electrons. The molecule has 0 radical (unpaired) electrons. The highest BCUT2D eigenvalue weighted by atomic mass is 79.9.